The predicted octanol–water partition coefficient (Wildman–Crippen LogP) is 3.51. The second kappa shape index (κ2) is 8.02. The first-order valence-electron chi connectivity index (χ1n) is 8.61. The largest absolute Gasteiger partial charge is 0.480 e. The molecule has 1 heterocycles. The van der Waals surface area contributed by atoms with Gasteiger partial charge in [-0.2, -0.15) is 13.2 Å². The summed E-state index contributed by atoms with van der Waals surface area (Å²) >= 11 is 0. The predicted molar refractivity (Wildman–Crippen MR) is 93.6 cm³/mol. The molecule has 0 aliphatic carbocycles. The lowest BCUT2D eigenvalue weighted by Gasteiger charge is -2.23. The molecule has 8 heteroatoms. The average molecular weight is 393 g/mol. The zero-order valence-corrected chi connectivity index (χ0v) is 14.8. The normalized spacial score (nSPS) is 13.7. The number of nitrogens with zero attached hydrogens (tertiary/aromatic N) is 1. The van der Waals surface area contributed by atoms with Crippen molar-refractivity contribution in [2.45, 2.75) is 25.7 Å². The van der Waals surface area contributed by atoms with Crippen LogP contribution in [0.4, 0.5) is 13.2 Å². The van der Waals surface area contributed by atoms with Crippen molar-refractivity contribution >= 4 is 11.9 Å². The lowest BCUT2D eigenvalue weighted by Crippen LogP contribution is -2.35. The number of halogens is 3. The van der Waals surface area contributed by atoms with Crippen molar-refractivity contribution in [2.24, 2.45) is 0 Å². The molecule has 0 saturated heterocycles. The minimum Gasteiger partial charge on any atom is -0.480 e. The van der Waals surface area contributed by atoms with E-state index in [1.54, 1.807) is 18.2 Å². The van der Waals surface area contributed by atoms with Crippen LogP contribution in [0.15, 0.2) is 42.5 Å². The number of hydrogen-bond donors (Lipinski definition) is 1. The molecule has 1 aliphatic rings. The van der Waals surface area contributed by atoms with Crippen molar-refractivity contribution in [3.63, 3.8) is 0 Å². The quantitative estimate of drug-likeness (QED) is 0.844. The Morgan fingerprint density at radius 2 is 1.79 bits per heavy atom. The molecular formula is C20H18F3NO4. The number of carbonyl (C=O) groups excluding carboxylic acids is 1. The highest BCUT2D eigenvalue weighted by Crippen LogP contribution is 2.29. The van der Waals surface area contributed by atoms with Crippen LogP contribution < -0.4 is 0 Å². The van der Waals surface area contributed by atoms with Gasteiger partial charge in [-0.1, -0.05) is 18.2 Å². The minimum atomic E-state index is -4.46. The molecule has 148 valence electrons. The van der Waals surface area contributed by atoms with Crippen LogP contribution in [-0.4, -0.2) is 35.0 Å². The number of rotatable bonds is 5. The summed E-state index contributed by atoms with van der Waals surface area (Å²) in [6.45, 7) is 0.354. The average Bonchev–Trinajstić information content (AvgIpc) is 2.66. The Kier molecular flexibility index (Phi) is 5.69. The fourth-order valence-electron chi connectivity index (χ4n) is 3.06. The van der Waals surface area contributed by atoms with Gasteiger partial charge in [-0.25, -0.2) is 0 Å². The molecule has 3 rings (SSSR count). The third-order valence-corrected chi connectivity index (χ3v) is 4.49. The van der Waals surface area contributed by atoms with Gasteiger partial charge in [0.15, 0.2) is 0 Å². The van der Waals surface area contributed by atoms with E-state index in [2.05, 4.69) is 0 Å². The fourth-order valence-corrected chi connectivity index (χ4v) is 3.06. The number of aliphatic carboxylic acids is 1. The molecule has 0 bridgehead atoms. The summed E-state index contributed by atoms with van der Waals surface area (Å²) in [7, 11) is 0. The van der Waals surface area contributed by atoms with E-state index in [1.807, 2.05) is 0 Å². The molecule has 0 unspecified atom stereocenters. The number of ether oxygens (including phenoxy) is 1. The molecule has 0 atom stereocenters. The first-order valence-corrected chi connectivity index (χ1v) is 8.61. The summed E-state index contributed by atoms with van der Waals surface area (Å²) in [5, 5.41) is 9.14. The van der Waals surface area contributed by atoms with E-state index in [9.17, 15) is 22.8 Å². The molecule has 0 fully saturated rings. The van der Waals surface area contributed by atoms with Crippen LogP contribution in [0.3, 0.4) is 0 Å². The van der Waals surface area contributed by atoms with Gasteiger partial charge in [-0.3, -0.25) is 9.59 Å². The van der Waals surface area contributed by atoms with E-state index >= 15 is 0 Å². The van der Waals surface area contributed by atoms with Crippen LogP contribution in [0.5, 0.6) is 0 Å². The molecule has 0 saturated carbocycles. The molecular weight excluding hydrogens is 375 g/mol. The lowest BCUT2D eigenvalue weighted by atomic mass is 9.99. The van der Waals surface area contributed by atoms with Crippen molar-refractivity contribution in [3.05, 3.63) is 70.3 Å². The van der Waals surface area contributed by atoms with Gasteiger partial charge in [0.2, 0.25) is 0 Å². The molecule has 28 heavy (non-hydrogen) atoms. The molecule has 5 nitrogen and oxygen atoms in total. The summed E-state index contributed by atoms with van der Waals surface area (Å²) in [6.07, 6.45) is -3.80. The standard InChI is InChI=1S/C20H18F3NO4/c21-20(22,23)17-5-1-13(2-6-17)10-24(11-18(25)26)19(27)15-3-4-16-12-28-8-7-14(16)9-15/h1-6,9H,7-8,10-12H2,(H,25,26). The Hall–Kier alpha value is -2.87. The smallest absolute Gasteiger partial charge is 0.416 e. The summed E-state index contributed by atoms with van der Waals surface area (Å²) in [6, 6.07) is 9.43. The summed E-state index contributed by atoms with van der Waals surface area (Å²) in [4.78, 5) is 25.1. The van der Waals surface area contributed by atoms with E-state index in [1.165, 1.54) is 12.1 Å². The SMILES string of the molecule is O=C(O)CN(Cc1ccc(C(F)(F)F)cc1)C(=O)c1ccc2c(c1)CCOC2. The van der Waals surface area contributed by atoms with Gasteiger partial charge in [-0.05, 0) is 47.4 Å². The minimum absolute atomic E-state index is 0.108. The Morgan fingerprint density at radius 1 is 1.07 bits per heavy atom. The fraction of sp³-hybridized carbons (Fsp3) is 0.300. The molecule has 1 N–H and O–H groups in total. The van der Waals surface area contributed by atoms with Gasteiger partial charge in [-0.15, -0.1) is 0 Å². The Labute approximate surface area is 159 Å². The highest BCUT2D eigenvalue weighted by atomic mass is 19.4. The van der Waals surface area contributed by atoms with Crippen molar-refractivity contribution in [2.75, 3.05) is 13.2 Å². The Bertz CT molecular complexity index is 878. The van der Waals surface area contributed by atoms with Crippen LogP contribution in [0, 0.1) is 0 Å². The Balaban J connectivity index is 1.81. The first-order chi connectivity index (χ1) is 13.2. The highest BCUT2D eigenvalue weighted by molar-refractivity contribution is 5.96. The number of alkyl halides is 3. The van der Waals surface area contributed by atoms with Gasteiger partial charge < -0.3 is 14.7 Å². The van der Waals surface area contributed by atoms with Gasteiger partial charge >= 0.3 is 12.1 Å². The monoisotopic (exact) mass is 393 g/mol. The maximum absolute atomic E-state index is 12.8. The maximum atomic E-state index is 12.8. The number of fused-ring (bicyclic) bond motifs is 1. The number of benzene rings is 2. The van der Waals surface area contributed by atoms with Crippen LogP contribution in [0.2, 0.25) is 0 Å². The van der Waals surface area contributed by atoms with E-state index in [0.29, 0.717) is 30.8 Å². The molecule has 1 amide bonds. The van der Waals surface area contributed by atoms with E-state index in [0.717, 1.165) is 28.2 Å². The zero-order valence-electron chi connectivity index (χ0n) is 14.8. The van der Waals surface area contributed by atoms with E-state index in [-0.39, 0.29) is 6.54 Å². The summed E-state index contributed by atoms with van der Waals surface area (Å²) in [5.41, 5.74) is 1.91. The van der Waals surface area contributed by atoms with E-state index in [4.69, 9.17) is 9.84 Å². The van der Waals surface area contributed by atoms with Crippen LogP contribution >= 0.6 is 0 Å². The van der Waals surface area contributed by atoms with Gasteiger partial charge in [0.05, 0.1) is 18.8 Å². The number of carbonyl (C=O) groups is 2. The van der Waals surface area contributed by atoms with Crippen LogP contribution in [-0.2, 0) is 35.3 Å². The van der Waals surface area contributed by atoms with Gasteiger partial charge in [0.1, 0.15) is 6.54 Å². The van der Waals surface area contributed by atoms with E-state index < -0.39 is 30.2 Å². The topological polar surface area (TPSA) is 66.8 Å². The molecule has 2 aromatic carbocycles. The van der Waals surface area contributed by atoms with Crippen molar-refractivity contribution in [3.8, 4) is 0 Å². The maximum Gasteiger partial charge on any atom is 0.416 e. The first kappa shape index (κ1) is 19.9. The number of carboxylic acid groups (broad SMARTS) is 1. The van der Waals surface area contributed by atoms with Crippen molar-refractivity contribution in [1.29, 1.82) is 0 Å². The van der Waals surface area contributed by atoms with Crippen LogP contribution in [0.1, 0.15) is 32.6 Å². The molecule has 0 spiro atoms. The number of hydrogen-bond acceptors (Lipinski definition) is 3. The lowest BCUT2D eigenvalue weighted by molar-refractivity contribution is -0.138. The number of amides is 1. The van der Waals surface area contributed by atoms with Gasteiger partial charge in [0, 0.05) is 12.1 Å². The molecule has 2 aromatic rings. The third-order valence-electron chi connectivity index (χ3n) is 4.49. The second-order valence-corrected chi connectivity index (χ2v) is 6.54. The Morgan fingerprint density at radius 3 is 2.43 bits per heavy atom. The third kappa shape index (κ3) is 4.69. The highest BCUT2D eigenvalue weighted by Gasteiger charge is 2.30. The van der Waals surface area contributed by atoms with Crippen LogP contribution in [0.25, 0.3) is 0 Å². The summed E-state index contributed by atoms with van der Waals surface area (Å²) in [5.74, 6) is -1.69. The molecule has 0 radical (unpaired) electrons. The van der Waals surface area contributed by atoms with Gasteiger partial charge in [0.25, 0.3) is 5.91 Å². The molecule has 0 aromatic heterocycles. The summed E-state index contributed by atoms with van der Waals surface area (Å²) < 4.78 is 43.4. The van der Waals surface area contributed by atoms with Crippen molar-refractivity contribution in [1.82, 2.24) is 4.90 Å². The van der Waals surface area contributed by atoms with Crippen molar-refractivity contribution < 1.29 is 32.6 Å². The number of carboxylic acids is 1. The zero-order chi connectivity index (χ0) is 20.3. The second-order valence-electron chi connectivity index (χ2n) is 6.54. The molecule has 1 aliphatic heterocycles.